The van der Waals surface area contributed by atoms with Gasteiger partial charge in [0.1, 0.15) is 24.0 Å². The Labute approximate surface area is 202 Å². The fraction of sp³-hybridized carbons (Fsp3) is 0.0968. The van der Waals surface area contributed by atoms with E-state index >= 15 is 0 Å². The Bertz CT molecular complexity index is 1860. The number of nitrogens with zero attached hydrogens (tertiary/aromatic N) is 2. The maximum Gasteiger partial charge on any atom is 0.219 e. The summed E-state index contributed by atoms with van der Waals surface area (Å²) >= 11 is 0. The first-order valence-corrected chi connectivity index (χ1v) is 11.5. The van der Waals surface area contributed by atoms with Gasteiger partial charge in [0.15, 0.2) is 6.20 Å². The second kappa shape index (κ2) is 7.78. The van der Waals surface area contributed by atoms with Crippen LogP contribution in [0.1, 0.15) is 16.7 Å². The van der Waals surface area contributed by atoms with E-state index in [1.807, 2.05) is 54.9 Å². The van der Waals surface area contributed by atoms with Crippen molar-refractivity contribution in [2.45, 2.75) is 13.8 Å². The van der Waals surface area contributed by atoms with Crippen molar-refractivity contribution in [3.63, 3.8) is 0 Å². The molecule has 2 aromatic heterocycles. The van der Waals surface area contributed by atoms with E-state index in [-0.39, 0.29) is 5.82 Å². The van der Waals surface area contributed by atoms with Crippen LogP contribution in [-0.2, 0) is 7.05 Å². The van der Waals surface area contributed by atoms with Crippen molar-refractivity contribution in [2.24, 2.45) is 7.05 Å². The quantitative estimate of drug-likeness (QED) is 0.252. The van der Waals surface area contributed by atoms with Gasteiger partial charge in [-0.3, -0.25) is 0 Å². The molecule has 0 amide bonds. The van der Waals surface area contributed by atoms with Gasteiger partial charge in [0.05, 0.1) is 17.2 Å². The third kappa shape index (κ3) is 3.20. The first kappa shape index (κ1) is 21.1. The van der Waals surface area contributed by atoms with E-state index in [1.54, 1.807) is 19.2 Å². The number of furan rings is 1. The Balaban J connectivity index is 1.71. The van der Waals surface area contributed by atoms with Crippen LogP contribution in [0.25, 0.3) is 55.1 Å². The minimum Gasteiger partial charge on any atom is -0.454 e. The van der Waals surface area contributed by atoms with Crippen LogP contribution >= 0.6 is 0 Å². The number of nitriles is 1. The minimum atomic E-state index is -0.264. The number of pyridine rings is 1. The van der Waals surface area contributed by atoms with Crippen molar-refractivity contribution in [3.05, 3.63) is 102 Å². The van der Waals surface area contributed by atoms with E-state index in [2.05, 4.69) is 36.4 Å². The highest BCUT2D eigenvalue weighted by Crippen LogP contribution is 2.42. The summed E-state index contributed by atoms with van der Waals surface area (Å²) in [6, 6.07) is 26.2. The van der Waals surface area contributed by atoms with Gasteiger partial charge in [-0.25, -0.2) is 8.96 Å². The van der Waals surface area contributed by atoms with E-state index in [0.29, 0.717) is 22.3 Å². The summed E-state index contributed by atoms with van der Waals surface area (Å²) in [7, 11) is 1.91. The van der Waals surface area contributed by atoms with E-state index in [1.165, 1.54) is 0 Å². The molecule has 4 heteroatoms. The lowest BCUT2D eigenvalue weighted by Crippen LogP contribution is -2.31. The summed E-state index contributed by atoms with van der Waals surface area (Å²) in [5.74, 6) is -0.264. The lowest BCUT2D eigenvalue weighted by molar-refractivity contribution is -0.661. The maximum absolute atomic E-state index is 14.6. The fourth-order valence-electron chi connectivity index (χ4n) is 5.04. The smallest absolute Gasteiger partial charge is 0.219 e. The van der Waals surface area contributed by atoms with Crippen molar-refractivity contribution in [3.8, 4) is 28.5 Å². The highest BCUT2D eigenvalue weighted by Gasteiger charge is 2.24. The summed E-state index contributed by atoms with van der Waals surface area (Å²) in [6.07, 6.45) is 1.78. The average Bonchev–Trinajstić information content (AvgIpc) is 3.25. The number of aryl methyl sites for hydroxylation is 3. The third-order valence-corrected chi connectivity index (χ3v) is 6.84. The third-order valence-electron chi connectivity index (χ3n) is 6.84. The Hall–Kier alpha value is -4.49. The first-order chi connectivity index (χ1) is 17.0. The summed E-state index contributed by atoms with van der Waals surface area (Å²) in [4.78, 5) is 0. The largest absolute Gasteiger partial charge is 0.454 e. The topological polar surface area (TPSA) is 40.8 Å². The van der Waals surface area contributed by atoms with Crippen LogP contribution in [0.15, 0.2) is 83.4 Å². The average molecular weight is 458 g/mol. The molecule has 0 saturated heterocycles. The fourth-order valence-corrected chi connectivity index (χ4v) is 5.04. The van der Waals surface area contributed by atoms with Gasteiger partial charge in [-0.2, -0.15) is 5.26 Å². The Kier molecular flexibility index (Phi) is 4.69. The van der Waals surface area contributed by atoms with Gasteiger partial charge < -0.3 is 4.42 Å². The molecule has 6 aromatic rings. The van der Waals surface area contributed by atoms with Crippen molar-refractivity contribution in [1.82, 2.24) is 0 Å². The molecule has 0 atom stereocenters. The summed E-state index contributed by atoms with van der Waals surface area (Å²) in [6.45, 7) is 3.75. The van der Waals surface area contributed by atoms with Crippen LogP contribution < -0.4 is 4.57 Å². The zero-order chi connectivity index (χ0) is 24.3. The monoisotopic (exact) mass is 457 g/mol. The first-order valence-electron chi connectivity index (χ1n) is 11.5. The van der Waals surface area contributed by atoms with Crippen LogP contribution in [0.2, 0.25) is 0 Å². The van der Waals surface area contributed by atoms with Crippen LogP contribution in [0.3, 0.4) is 0 Å². The van der Waals surface area contributed by atoms with E-state index in [4.69, 9.17) is 4.42 Å². The lowest BCUT2D eigenvalue weighted by Gasteiger charge is -2.06. The van der Waals surface area contributed by atoms with Gasteiger partial charge in [-0.1, -0.05) is 48.5 Å². The van der Waals surface area contributed by atoms with Crippen LogP contribution in [0.4, 0.5) is 4.39 Å². The van der Waals surface area contributed by atoms with Crippen LogP contribution in [0, 0.1) is 31.0 Å². The van der Waals surface area contributed by atoms with Crippen molar-refractivity contribution < 1.29 is 13.4 Å². The molecule has 0 saturated carbocycles. The number of hydrogen-bond donors (Lipinski definition) is 0. The Morgan fingerprint density at radius 1 is 0.857 bits per heavy atom. The number of hydrogen-bond acceptors (Lipinski definition) is 2. The van der Waals surface area contributed by atoms with Gasteiger partial charge in [-0.05, 0) is 53.9 Å². The van der Waals surface area contributed by atoms with Gasteiger partial charge >= 0.3 is 0 Å². The number of fused-ring (bicyclic) bond motifs is 4. The zero-order valence-electron chi connectivity index (χ0n) is 19.7. The lowest BCUT2D eigenvalue weighted by atomic mass is 9.95. The molecule has 0 aliphatic rings. The molecule has 4 aromatic carbocycles. The van der Waals surface area contributed by atoms with Gasteiger partial charge in [0, 0.05) is 28.0 Å². The van der Waals surface area contributed by atoms with E-state index in [9.17, 15) is 9.65 Å². The molecule has 0 spiro atoms. The number of aromatic nitrogens is 1. The predicted molar refractivity (Wildman–Crippen MR) is 137 cm³/mol. The van der Waals surface area contributed by atoms with E-state index < -0.39 is 0 Å². The SMILES string of the molecule is Cc1c[n+](C)c(-c2c(C)ccc3c2oc2c(-c4ccc5ccccc5c4)ccc(C#N)c23)cc1F. The van der Waals surface area contributed by atoms with Crippen molar-refractivity contribution >= 4 is 32.7 Å². The minimum absolute atomic E-state index is 0.264. The van der Waals surface area contributed by atoms with Gasteiger partial charge in [0.25, 0.3) is 0 Å². The van der Waals surface area contributed by atoms with Crippen molar-refractivity contribution in [2.75, 3.05) is 0 Å². The molecule has 2 heterocycles. The Morgan fingerprint density at radius 3 is 2.46 bits per heavy atom. The molecule has 0 radical (unpaired) electrons. The summed E-state index contributed by atoms with van der Waals surface area (Å²) < 4.78 is 23.1. The molecular weight excluding hydrogens is 435 g/mol. The molecule has 168 valence electrons. The molecule has 0 bridgehead atoms. The number of benzene rings is 4. The molecular formula is C31H22FN2O+. The second-order valence-corrected chi connectivity index (χ2v) is 9.08. The molecule has 0 aliphatic heterocycles. The van der Waals surface area contributed by atoms with Crippen LogP contribution in [-0.4, -0.2) is 0 Å². The molecule has 35 heavy (non-hydrogen) atoms. The highest BCUT2D eigenvalue weighted by molar-refractivity contribution is 6.15. The maximum atomic E-state index is 14.6. The summed E-state index contributed by atoms with van der Waals surface area (Å²) in [5.41, 5.74) is 6.91. The molecule has 6 rings (SSSR count). The number of halogens is 1. The predicted octanol–water partition coefficient (Wildman–Crippen LogP) is 7.53. The molecule has 0 aliphatic carbocycles. The molecule has 0 N–H and O–H groups in total. The molecule has 3 nitrogen and oxygen atoms in total. The Morgan fingerprint density at radius 2 is 1.66 bits per heavy atom. The molecule has 0 fully saturated rings. The van der Waals surface area contributed by atoms with Gasteiger partial charge in [0.2, 0.25) is 5.69 Å². The summed E-state index contributed by atoms with van der Waals surface area (Å²) in [5, 5.41) is 13.9. The second-order valence-electron chi connectivity index (χ2n) is 9.08. The standard InChI is InChI=1S/C31H22FN2O/c1-18-8-12-25-29-23(16-33)11-13-24(22-10-9-20-6-4-5-7-21(20)14-22)30(29)35-31(25)28(18)27-15-26(32)19(2)17-34(27)3/h4-15,17H,1-3H3/q+1. The van der Waals surface area contributed by atoms with Crippen LogP contribution in [0.5, 0.6) is 0 Å². The normalized spacial score (nSPS) is 11.4. The zero-order valence-corrected chi connectivity index (χ0v) is 19.7. The van der Waals surface area contributed by atoms with Crippen molar-refractivity contribution in [1.29, 1.82) is 5.26 Å². The molecule has 0 unspecified atom stereocenters. The van der Waals surface area contributed by atoms with E-state index in [0.717, 1.165) is 49.5 Å². The highest BCUT2D eigenvalue weighted by atomic mass is 19.1. The number of rotatable bonds is 2. The van der Waals surface area contributed by atoms with Gasteiger partial charge in [-0.15, -0.1) is 0 Å².